The largest absolute Gasteiger partial charge is 0.460 e. The molecular weight excluding hydrogens is 520 g/mol. The van der Waals surface area contributed by atoms with Crippen LogP contribution in [-0.4, -0.2) is 43.8 Å². The second kappa shape index (κ2) is 19.6. The summed E-state index contributed by atoms with van der Waals surface area (Å²) in [6, 6.07) is 0. The maximum Gasteiger partial charge on any atom is 0.306 e. The van der Waals surface area contributed by atoms with Crippen LogP contribution >= 0.6 is 0 Å². The van der Waals surface area contributed by atoms with Crippen molar-refractivity contribution in [3.05, 3.63) is 12.2 Å². The number of carbonyl (C=O) groups is 3. The van der Waals surface area contributed by atoms with Gasteiger partial charge in [-0.15, -0.1) is 0 Å². The van der Waals surface area contributed by atoms with E-state index in [-0.39, 0.29) is 17.7 Å². The Labute approximate surface area is 247 Å². The molecule has 0 spiro atoms. The fourth-order valence-corrected chi connectivity index (χ4v) is 11.3. The van der Waals surface area contributed by atoms with E-state index < -0.39 is 26.1 Å². The molecule has 0 aliphatic heterocycles. The van der Waals surface area contributed by atoms with E-state index >= 15 is 0 Å². The van der Waals surface area contributed by atoms with E-state index in [4.69, 9.17) is 13.9 Å². The molecule has 0 aromatic heterocycles. The normalized spacial score (nSPS) is 14.2. The molecule has 40 heavy (non-hydrogen) atoms. The summed E-state index contributed by atoms with van der Waals surface area (Å²) in [7, 11) is -2.28. The Morgan fingerprint density at radius 2 is 1.30 bits per heavy atom. The third-order valence-electron chi connectivity index (χ3n) is 7.52. The molecule has 0 aliphatic carbocycles. The maximum atomic E-state index is 12.8. The van der Waals surface area contributed by atoms with Crippen molar-refractivity contribution in [1.29, 1.82) is 0 Å². The van der Waals surface area contributed by atoms with Gasteiger partial charge < -0.3 is 13.9 Å². The number of hydrogen-bond donors (Lipinski definition) is 0. The molecule has 234 valence electrons. The highest BCUT2D eigenvalue weighted by Gasteiger charge is 2.47. The van der Waals surface area contributed by atoms with Crippen molar-refractivity contribution in [2.75, 3.05) is 0 Å². The predicted octanol–water partition coefficient (Wildman–Crippen LogP) is 9.26. The standard InChI is InChI=1S/C33H62O6Si/c1-12-13-17-21-30(37-28(8)34)31(39-40(25(2)3,26(4)5)27(6)7)24-23-29(35)20-18-15-14-16-19-22-32(36)38-33(9,10)11/h23-27,30-31H,12-22H2,1-11H3/t30-,31-/m1/s1. The third kappa shape index (κ3) is 15.5. The number of carbonyl (C=O) groups excluding carboxylic acids is 3. The third-order valence-corrected chi connectivity index (χ3v) is 13.6. The lowest BCUT2D eigenvalue weighted by Gasteiger charge is -2.45. The number of rotatable bonds is 21. The average Bonchev–Trinajstić information content (AvgIpc) is 2.81. The number of hydrogen-bond acceptors (Lipinski definition) is 6. The molecule has 0 rings (SSSR count). The first-order valence-electron chi connectivity index (χ1n) is 15.8. The highest BCUT2D eigenvalue weighted by molar-refractivity contribution is 6.77. The summed E-state index contributed by atoms with van der Waals surface area (Å²) in [5.74, 6) is -0.387. The van der Waals surface area contributed by atoms with Gasteiger partial charge in [-0.05, 0) is 75.2 Å². The summed E-state index contributed by atoms with van der Waals surface area (Å²) >= 11 is 0. The minimum absolute atomic E-state index is 0.0726. The predicted molar refractivity (Wildman–Crippen MR) is 168 cm³/mol. The minimum Gasteiger partial charge on any atom is -0.460 e. The number of ketones is 1. The molecule has 0 heterocycles. The first kappa shape index (κ1) is 38.5. The van der Waals surface area contributed by atoms with E-state index in [2.05, 4.69) is 48.5 Å². The number of esters is 2. The summed E-state index contributed by atoms with van der Waals surface area (Å²) in [6.07, 6.45) is 11.9. The Morgan fingerprint density at radius 3 is 1.77 bits per heavy atom. The lowest BCUT2D eigenvalue weighted by Crippen LogP contribution is -2.52. The molecule has 6 nitrogen and oxygen atoms in total. The van der Waals surface area contributed by atoms with Gasteiger partial charge in [0.1, 0.15) is 17.8 Å². The van der Waals surface area contributed by atoms with Crippen molar-refractivity contribution in [2.24, 2.45) is 0 Å². The van der Waals surface area contributed by atoms with E-state index in [9.17, 15) is 14.4 Å². The average molecular weight is 583 g/mol. The van der Waals surface area contributed by atoms with Gasteiger partial charge in [-0.2, -0.15) is 0 Å². The Bertz CT molecular complexity index is 744. The summed E-state index contributed by atoms with van der Waals surface area (Å²) in [5, 5.41) is 0. The fourth-order valence-electron chi connectivity index (χ4n) is 5.76. The molecule has 0 saturated heterocycles. The zero-order chi connectivity index (χ0) is 30.9. The van der Waals surface area contributed by atoms with Gasteiger partial charge in [0.25, 0.3) is 0 Å². The summed E-state index contributed by atoms with van der Waals surface area (Å²) in [6.45, 7) is 22.7. The topological polar surface area (TPSA) is 78.9 Å². The fraction of sp³-hybridized carbons (Fsp3) is 0.848. The molecule has 0 saturated carbocycles. The Balaban J connectivity index is 5.31. The molecule has 0 aliphatic rings. The van der Waals surface area contributed by atoms with Gasteiger partial charge in [-0.3, -0.25) is 14.4 Å². The Morgan fingerprint density at radius 1 is 0.775 bits per heavy atom. The minimum atomic E-state index is -2.28. The van der Waals surface area contributed by atoms with Crippen LogP contribution in [0.15, 0.2) is 12.2 Å². The molecule has 0 aromatic rings. The smallest absolute Gasteiger partial charge is 0.306 e. The van der Waals surface area contributed by atoms with E-state index in [1.807, 2.05) is 26.8 Å². The van der Waals surface area contributed by atoms with Crippen molar-refractivity contribution in [3.63, 3.8) is 0 Å². The van der Waals surface area contributed by atoms with E-state index in [1.54, 1.807) is 6.08 Å². The zero-order valence-corrected chi connectivity index (χ0v) is 28.8. The van der Waals surface area contributed by atoms with Crippen LogP contribution in [-0.2, 0) is 28.3 Å². The van der Waals surface area contributed by atoms with Gasteiger partial charge in [0.05, 0.1) is 0 Å². The highest BCUT2D eigenvalue weighted by atomic mass is 28.4. The van der Waals surface area contributed by atoms with E-state index in [0.29, 0.717) is 29.5 Å². The molecule has 2 atom stereocenters. The van der Waals surface area contributed by atoms with Crippen molar-refractivity contribution in [1.82, 2.24) is 0 Å². The Kier molecular flexibility index (Phi) is 18.9. The second-order valence-corrected chi connectivity index (χ2v) is 18.6. The molecule has 0 fully saturated rings. The first-order valence-corrected chi connectivity index (χ1v) is 18.0. The molecule has 0 bridgehead atoms. The van der Waals surface area contributed by atoms with Crippen molar-refractivity contribution in [2.45, 2.75) is 181 Å². The molecule has 0 unspecified atom stereocenters. The number of ether oxygens (including phenoxy) is 2. The van der Waals surface area contributed by atoms with Crippen molar-refractivity contribution < 1.29 is 28.3 Å². The first-order chi connectivity index (χ1) is 18.6. The van der Waals surface area contributed by atoms with Crippen molar-refractivity contribution >= 4 is 26.0 Å². The van der Waals surface area contributed by atoms with Crippen LogP contribution in [0.5, 0.6) is 0 Å². The van der Waals surface area contributed by atoms with Gasteiger partial charge in [-0.1, -0.05) is 80.6 Å². The molecule has 7 heteroatoms. The summed E-state index contributed by atoms with van der Waals surface area (Å²) in [5.41, 5.74) is 0.694. The van der Waals surface area contributed by atoms with Gasteiger partial charge in [-0.25, -0.2) is 0 Å². The van der Waals surface area contributed by atoms with Crippen LogP contribution in [0.2, 0.25) is 16.6 Å². The van der Waals surface area contributed by atoms with Crippen LogP contribution in [0, 0.1) is 0 Å². The number of allylic oxidation sites excluding steroid dienone is 1. The molecule has 0 aromatic carbocycles. The molecular formula is C33H62O6Si. The Hall–Kier alpha value is -1.47. The second-order valence-electron chi connectivity index (χ2n) is 13.2. The summed E-state index contributed by atoms with van der Waals surface area (Å²) in [4.78, 5) is 36.7. The van der Waals surface area contributed by atoms with Crippen LogP contribution in [0.25, 0.3) is 0 Å². The summed E-state index contributed by atoms with van der Waals surface area (Å²) < 4.78 is 18.2. The quantitative estimate of drug-likeness (QED) is 0.0581. The molecule has 0 radical (unpaired) electrons. The van der Waals surface area contributed by atoms with Crippen LogP contribution in [0.3, 0.4) is 0 Å². The lowest BCUT2D eigenvalue weighted by atomic mass is 10.0. The van der Waals surface area contributed by atoms with Gasteiger partial charge in [0.2, 0.25) is 8.32 Å². The van der Waals surface area contributed by atoms with E-state index in [0.717, 1.165) is 57.8 Å². The SMILES string of the molecule is CCCCC[C@@H](OC(C)=O)[C@@H](C=CC(=O)CCCCCCCC(=O)OC(C)(C)C)O[Si](C(C)C)(C(C)C)C(C)C. The van der Waals surface area contributed by atoms with E-state index in [1.165, 1.54) is 6.92 Å². The van der Waals surface area contributed by atoms with Crippen LogP contribution in [0.1, 0.15) is 147 Å². The molecule has 0 amide bonds. The molecule has 0 N–H and O–H groups in total. The van der Waals surface area contributed by atoms with Crippen molar-refractivity contribution in [3.8, 4) is 0 Å². The lowest BCUT2D eigenvalue weighted by molar-refractivity contribution is -0.155. The van der Waals surface area contributed by atoms with Crippen LogP contribution in [0.4, 0.5) is 0 Å². The number of unbranched alkanes of at least 4 members (excludes halogenated alkanes) is 6. The highest BCUT2D eigenvalue weighted by Crippen LogP contribution is 2.43. The van der Waals surface area contributed by atoms with Gasteiger partial charge in [0, 0.05) is 19.8 Å². The maximum absolute atomic E-state index is 12.8. The monoisotopic (exact) mass is 582 g/mol. The zero-order valence-electron chi connectivity index (χ0n) is 27.8. The van der Waals surface area contributed by atoms with Crippen LogP contribution < -0.4 is 0 Å². The van der Waals surface area contributed by atoms with Gasteiger partial charge in [0.15, 0.2) is 5.78 Å². The van der Waals surface area contributed by atoms with Gasteiger partial charge >= 0.3 is 11.9 Å².